The maximum atomic E-state index is 10.6. The topological polar surface area (TPSA) is 45.1 Å². The Morgan fingerprint density at radius 2 is 2.22 bits per heavy atom. The van der Waals surface area contributed by atoms with Crippen LogP contribution in [0.3, 0.4) is 0 Å². The van der Waals surface area contributed by atoms with Gasteiger partial charge in [-0.1, -0.05) is 13.0 Å². The third kappa shape index (κ3) is 3.79. The van der Waals surface area contributed by atoms with Crippen molar-refractivity contribution in [2.45, 2.75) is 57.1 Å². The van der Waals surface area contributed by atoms with E-state index in [4.69, 9.17) is 0 Å². The van der Waals surface area contributed by atoms with Gasteiger partial charge in [0.05, 0.1) is 5.60 Å². The lowest BCUT2D eigenvalue weighted by atomic mass is 9.78. The monoisotopic (exact) mass is 248 g/mol. The first-order chi connectivity index (χ1) is 8.72. The lowest BCUT2D eigenvalue weighted by Crippen LogP contribution is -2.42. The summed E-state index contributed by atoms with van der Waals surface area (Å²) in [6.45, 7) is 3.28. The Hall–Kier alpha value is -0.930. The van der Waals surface area contributed by atoms with Gasteiger partial charge in [-0.05, 0) is 50.3 Å². The van der Waals surface area contributed by atoms with Crippen LogP contribution in [0.5, 0.6) is 0 Å². The predicted molar refractivity (Wildman–Crippen MR) is 73.4 cm³/mol. The molecule has 0 amide bonds. The molecule has 0 aromatic carbocycles. The van der Waals surface area contributed by atoms with Crippen molar-refractivity contribution < 1.29 is 5.11 Å². The standard InChI is InChI=1S/C15H24N2O/c1-2-9-17-14-5-7-15(18,8-6-14)11-13-4-3-10-16-12-13/h3-4,10,12,14,17-18H,2,5-9,11H2,1H3. The predicted octanol–water partition coefficient (Wildman–Crippen LogP) is 2.30. The molecular weight excluding hydrogens is 224 g/mol. The molecule has 3 nitrogen and oxygen atoms in total. The van der Waals surface area contributed by atoms with Crippen molar-refractivity contribution in [3.63, 3.8) is 0 Å². The van der Waals surface area contributed by atoms with Gasteiger partial charge in [-0.2, -0.15) is 0 Å². The fourth-order valence-electron chi connectivity index (χ4n) is 2.77. The van der Waals surface area contributed by atoms with Crippen LogP contribution in [0.15, 0.2) is 24.5 Å². The smallest absolute Gasteiger partial charge is 0.0689 e. The van der Waals surface area contributed by atoms with E-state index >= 15 is 0 Å². The molecule has 0 saturated heterocycles. The van der Waals surface area contributed by atoms with E-state index in [9.17, 15) is 5.11 Å². The van der Waals surface area contributed by atoms with Crippen LogP contribution in [-0.2, 0) is 6.42 Å². The molecule has 1 aromatic rings. The minimum atomic E-state index is -0.520. The summed E-state index contributed by atoms with van der Waals surface area (Å²) in [6.07, 6.45) is 9.50. The molecule has 2 N–H and O–H groups in total. The van der Waals surface area contributed by atoms with Crippen LogP contribution in [-0.4, -0.2) is 28.3 Å². The van der Waals surface area contributed by atoms with Crippen molar-refractivity contribution in [3.8, 4) is 0 Å². The van der Waals surface area contributed by atoms with E-state index in [1.165, 1.54) is 6.42 Å². The molecule has 0 radical (unpaired) electrons. The van der Waals surface area contributed by atoms with Gasteiger partial charge in [0.2, 0.25) is 0 Å². The van der Waals surface area contributed by atoms with E-state index in [1.54, 1.807) is 6.20 Å². The van der Waals surface area contributed by atoms with Gasteiger partial charge < -0.3 is 10.4 Å². The summed E-state index contributed by atoms with van der Waals surface area (Å²) in [5.74, 6) is 0. The Kier molecular flexibility index (Phi) is 4.72. The number of hydrogen-bond acceptors (Lipinski definition) is 3. The van der Waals surface area contributed by atoms with E-state index in [-0.39, 0.29) is 0 Å². The highest BCUT2D eigenvalue weighted by atomic mass is 16.3. The third-order valence-corrected chi connectivity index (χ3v) is 3.86. The molecule has 3 heteroatoms. The number of rotatable bonds is 5. The first-order valence-electron chi connectivity index (χ1n) is 7.06. The number of nitrogens with zero attached hydrogens (tertiary/aromatic N) is 1. The Bertz CT molecular complexity index is 345. The maximum Gasteiger partial charge on any atom is 0.0689 e. The molecule has 1 aromatic heterocycles. The van der Waals surface area contributed by atoms with Crippen LogP contribution >= 0.6 is 0 Å². The van der Waals surface area contributed by atoms with Gasteiger partial charge in [-0.3, -0.25) is 4.98 Å². The van der Waals surface area contributed by atoms with Gasteiger partial charge in [0.15, 0.2) is 0 Å². The maximum absolute atomic E-state index is 10.6. The highest BCUT2D eigenvalue weighted by molar-refractivity contribution is 5.12. The van der Waals surface area contributed by atoms with Gasteiger partial charge in [0.1, 0.15) is 0 Å². The summed E-state index contributed by atoms with van der Waals surface area (Å²) in [4.78, 5) is 4.11. The fourth-order valence-corrected chi connectivity index (χ4v) is 2.77. The molecule has 1 aliphatic carbocycles. The molecule has 0 aliphatic heterocycles. The van der Waals surface area contributed by atoms with Crippen LogP contribution in [0.25, 0.3) is 0 Å². The highest BCUT2D eigenvalue weighted by Crippen LogP contribution is 2.31. The van der Waals surface area contributed by atoms with Gasteiger partial charge in [-0.15, -0.1) is 0 Å². The zero-order valence-electron chi connectivity index (χ0n) is 11.2. The molecule has 1 heterocycles. The van der Waals surface area contributed by atoms with Crippen molar-refractivity contribution in [1.82, 2.24) is 10.3 Å². The van der Waals surface area contributed by atoms with E-state index in [1.807, 2.05) is 18.3 Å². The van der Waals surface area contributed by atoms with Crippen molar-refractivity contribution in [3.05, 3.63) is 30.1 Å². The summed E-state index contributed by atoms with van der Waals surface area (Å²) >= 11 is 0. The molecule has 0 atom stereocenters. The van der Waals surface area contributed by atoms with Gasteiger partial charge >= 0.3 is 0 Å². The zero-order valence-corrected chi connectivity index (χ0v) is 11.2. The molecule has 1 aliphatic rings. The van der Waals surface area contributed by atoms with Crippen molar-refractivity contribution >= 4 is 0 Å². The van der Waals surface area contributed by atoms with Gasteiger partial charge in [0.25, 0.3) is 0 Å². The zero-order chi connectivity index (χ0) is 12.8. The number of hydrogen-bond donors (Lipinski definition) is 2. The second-order valence-electron chi connectivity index (χ2n) is 5.49. The molecule has 0 bridgehead atoms. The molecule has 0 unspecified atom stereocenters. The number of pyridine rings is 1. The molecule has 18 heavy (non-hydrogen) atoms. The second kappa shape index (κ2) is 6.30. The molecular formula is C15H24N2O. The van der Waals surface area contributed by atoms with Crippen molar-refractivity contribution in [1.29, 1.82) is 0 Å². The molecule has 0 spiro atoms. The number of nitrogens with one attached hydrogen (secondary N) is 1. The number of aromatic nitrogens is 1. The number of aliphatic hydroxyl groups is 1. The van der Waals surface area contributed by atoms with E-state index in [0.717, 1.165) is 44.2 Å². The summed E-state index contributed by atoms with van der Waals surface area (Å²) in [6, 6.07) is 4.58. The lowest BCUT2D eigenvalue weighted by molar-refractivity contribution is -0.00312. The second-order valence-corrected chi connectivity index (χ2v) is 5.49. The molecule has 1 fully saturated rings. The van der Waals surface area contributed by atoms with Gasteiger partial charge in [-0.25, -0.2) is 0 Å². The third-order valence-electron chi connectivity index (χ3n) is 3.86. The van der Waals surface area contributed by atoms with Crippen LogP contribution in [0.2, 0.25) is 0 Å². The lowest BCUT2D eigenvalue weighted by Gasteiger charge is -2.36. The SMILES string of the molecule is CCCNC1CCC(O)(Cc2cccnc2)CC1. The first-order valence-corrected chi connectivity index (χ1v) is 7.06. The van der Waals surface area contributed by atoms with Crippen LogP contribution in [0, 0.1) is 0 Å². The average molecular weight is 248 g/mol. The normalized spacial score (nSPS) is 28.2. The first kappa shape index (κ1) is 13.5. The Morgan fingerprint density at radius 1 is 1.44 bits per heavy atom. The molecule has 2 rings (SSSR count). The van der Waals surface area contributed by atoms with Crippen molar-refractivity contribution in [2.75, 3.05) is 6.54 Å². The average Bonchev–Trinajstić information content (AvgIpc) is 2.39. The summed E-state index contributed by atoms with van der Waals surface area (Å²) in [5, 5.41) is 14.2. The van der Waals surface area contributed by atoms with Crippen LogP contribution < -0.4 is 5.32 Å². The van der Waals surface area contributed by atoms with Crippen LogP contribution in [0.4, 0.5) is 0 Å². The summed E-state index contributed by atoms with van der Waals surface area (Å²) in [7, 11) is 0. The van der Waals surface area contributed by atoms with Gasteiger partial charge in [0, 0.05) is 24.9 Å². The molecule has 1 saturated carbocycles. The van der Waals surface area contributed by atoms with E-state index in [0.29, 0.717) is 6.04 Å². The fraction of sp³-hybridized carbons (Fsp3) is 0.667. The quantitative estimate of drug-likeness (QED) is 0.840. The molecule has 100 valence electrons. The summed E-state index contributed by atoms with van der Waals surface area (Å²) < 4.78 is 0. The van der Waals surface area contributed by atoms with E-state index < -0.39 is 5.60 Å². The Balaban J connectivity index is 1.83. The minimum absolute atomic E-state index is 0.520. The van der Waals surface area contributed by atoms with E-state index in [2.05, 4.69) is 17.2 Å². The highest BCUT2D eigenvalue weighted by Gasteiger charge is 2.32. The minimum Gasteiger partial charge on any atom is -0.390 e. The Morgan fingerprint density at radius 3 is 2.83 bits per heavy atom. The van der Waals surface area contributed by atoms with Crippen LogP contribution in [0.1, 0.15) is 44.6 Å². The van der Waals surface area contributed by atoms with Crippen molar-refractivity contribution in [2.24, 2.45) is 0 Å². The largest absolute Gasteiger partial charge is 0.390 e. The summed E-state index contributed by atoms with van der Waals surface area (Å²) in [5.41, 5.74) is 0.618. The Labute approximate surface area is 110 Å².